The first-order chi connectivity index (χ1) is 13.8. The number of halogens is 3. The number of nitrogens with zero attached hydrogens (tertiary/aromatic N) is 2. The number of carbonyl (C=O) groups is 1. The molecule has 1 aliphatic heterocycles. The summed E-state index contributed by atoms with van der Waals surface area (Å²) in [5.41, 5.74) is 0.118. The van der Waals surface area contributed by atoms with Gasteiger partial charge in [0.2, 0.25) is 10.0 Å². The van der Waals surface area contributed by atoms with Gasteiger partial charge in [-0.2, -0.15) is 4.31 Å². The second-order valence-electron chi connectivity index (χ2n) is 6.37. The van der Waals surface area contributed by atoms with Gasteiger partial charge in [-0.1, -0.05) is 41.2 Å². The smallest absolute Gasteiger partial charge is 0.275 e. The number of piperidine rings is 1. The Morgan fingerprint density at radius 1 is 1.14 bits per heavy atom. The highest BCUT2D eigenvalue weighted by atomic mass is 35.5. The lowest BCUT2D eigenvalue weighted by Gasteiger charge is -2.26. The Morgan fingerprint density at radius 3 is 2.48 bits per heavy atom. The summed E-state index contributed by atoms with van der Waals surface area (Å²) < 4.78 is 32.8. The summed E-state index contributed by atoms with van der Waals surface area (Å²) >= 11 is 17.8. The van der Waals surface area contributed by atoms with Crippen molar-refractivity contribution in [3.05, 3.63) is 45.2 Å². The molecule has 2 aromatic rings. The van der Waals surface area contributed by atoms with Crippen molar-refractivity contribution in [2.24, 2.45) is 0 Å². The zero-order valence-electron chi connectivity index (χ0n) is 15.4. The Morgan fingerprint density at radius 2 is 1.83 bits per heavy atom. The highest BCUT2D eigenvalue weighted by molar-refractivity contribution is 7.89. The lowest BCUT2D eigenvalue weighted by molar-refractivity contribution is 0.102. The van der Waals surface area contributed by atoms with Gasteiger partial charge in [0, 0.05) is 25.0 Å². The van der Waals surface area contributed by atoms with Gasteiger partial charge in [0.1, 0.15) is 16.3 Å². The van der Waals surface area contributed by atoms with Gasteiger partial charge in [0.25, 0.3) is 5.91 Å². The summed E-state index contributed by atoms with van der Waals surface area (Å²) in [6.45, 7) is 0.899. The summed E-state index contributed by atoms with van der Waals surface area (Å²) in [5.74, 6) is -0.459. The molecule has 0 bridgehead atoms. The first-order valence-electron chi connectivity index (χ1n) is 8.74. The number of nitrogens with one attached hydrogen (secondary N) is 1. The van der Waals surface area contributed by atoms with Crippen LogP contribution in [0.4, 0.5) is 5.69 Å². The van der Waals surface area contributed by atoms with Gasteiger partial charge in [-0.15, -0.1) is 0 Å². The Balaban J connectivity index is 1.93. The van der Waals surface area contributed by atoms with Crippen LogP contribution in [-0.2, 0) is 10.0 Å². The lowest BCUT2D eigenvalue weighted by atomic mass is 10.2. The summed E-state index contributed by atoms with van der Waals surface area (Å²) in [7, 11) is -2.38. The fourth-order valence-corrected chi connectivity index (χ4v) is 5.26. The Kier molecular flexibility index (Phi) is 6.90. The third kappa shape index (κ3) is 4.62. The predicted molar refractivity (Wildman–Crippen MR) is 113 cm³/mol. The van der Waals surface area contributed by atoms with Crippen LogP contribution < -0.4 is 10.1 Å². The summed E-state index contributed by atoms with van der Waals surface area (Å²) in [6, 6.07) is 4.36. The second-order valence-corrected chi connectivity index (χ2v) is 9.44. The van der Waals surface area contributed by atoms with Gasteiger partial charge in [0.05, 0.1) is 22.2 Å². The number of methoxy groups -OCH3 is 1. The minimum Gasteiger partial charge on any atom is -0.495 e. The fourth-order valence-electron chi connectivity index (χ4n) is 2.99. The van der Waals surface area contributed by atoms with E-state index < -0.39 is 15.9 Å². The van der Waals surface area contributed by atoms with Crippen LogP contribution in [0.5, 0.6) is 5.75 Å². The van der Waals surface area contributed by atoms with Crippen LogP contribution in [0.3, 0.4) is 0 Å². The summed E-state index contributed by atoms with van der Waals surface area (Å²) in [5, 5.41) is 2.62. The number of aromatic nitrogens is 1. The number of rotatable bonds is 5. The zero-order chi connectivity index (χ0) is 21.2. The molecule has 1 aliphatic rings. The normalized spacial score (nSPS) is 15.2. The van der Waals surface area contributed by atoms with Gasteiger partial charge in [-0.3, -0.25) is 4.79 Å². The quantitative estimate of drug-likeness (QED) is 0.684. The molecule has 0 radical (unpaired) electrons. The zero-order valence-corrected chi connectivity index (χ0v) is 18.5. The molecule has 0 spiro atoms. The second kappa shape index (κ2) is 9.06. The molecule has 2 heterocycles. The number of benzene rings is 1. The Hall–Kier alpha value is -1.58. The van der Waals surface area contributed by atoms with Crippen molar-refractivity contribution in [2.45, 2.75) is 24.2 Å². The van der Waals surface area contributed by atoms with E-state index in [0.717, 1.165) is 19.3 Å². The molecule has 0 saturated carbocycles. The van der Waals surface area contributed by atoms with Crippen molar-refractivity contribution in [1.82, 2.24) is 9.29 Å². The van der Waals surface area contributed by atoms with Crippen molar-refractivity contribution in [1.29, 1.82) is 0 Å². The molecule has 1 saturated heterocycles. The first kappa shape index (κ1) is 22.1. The van der Waals surface area contributed by atoms with Crippen molar-refractivity contribution >= 4 is 56.4 Å². The van der Waals surface area contributed by atoms with Crippen LogP contribution >= 0.6 is 34.8 Å². The van der Waals surface area contributed by atoms with Crippen LogP contribution in [0.2, 0.25) is 15.1 Å². The maximum Gasteiger partial charge on any atom is 0.275 e. The lowest BCUT2D eigenvalue weighted by Crippen LogP contribution is -2.35. The van der Waals surface area contributed by atoms with Gasteiger partial charge in [-0.25, -0.2) is 13.4 Å². The molecule has 29 heavy (non-hydrogen) atoms. The minimum absolute atomic E-state index is 0.0107. The molecular weight excluding hydrogens is 461 g/mol. The van der Waals surface area contributed by atoms with Crippen LogP contribution in [0.1, 0.15) is 29.8 Å². The maximum atomic E-state index is 13.1. The molecular formula is C18H18Cl3N3O4S. The van der Waals surface area contributed by atoms with E-state index in [1.807, 2.05) is 0 Å². The van der Waals surface area contributed by atoms with E-state index in [2.05, 4.69) is 10.3 Å². The molecule has 7 nitrogen and oxygen atoms in total. The molecule has 0 aliphatic carbocycles. The standard InChI is InChI=1S/C18H18Cl3N3O4S/c1-28-13-6-5-11(9-14(13)29(26,27)24-7-3-2-4-8-24)23-18(25)17-16(21)15(20)12(19)10-22-17/h5-6,9-10H,2-4,7-8H2,1H3,(H,23,25). The largest absolute Gasteiger partial charge is 0.495 e. The number of ether oxygens (including phenoxy) is 1. The van der Waals surface area contributed by atoms with Gasteiger partial charge < -0.3 is 10.1 Å². The number of pyridine rings is 1. The number of hydrogen-bond donors (Lipinski definition) is 1. The minimum atomic E-state index is -3.77. The first-order valence-corrected chi connectivity index (χ1v) is 11.3. The van der Waals surface area contributed by atoms with E-state index in [4.69, 9.17) is 39.5 Å². The van der Waals surface area contributed by atoms with Crippen molar-refractivity contribution in [2.75, 3.05) is 25.5 Å². The van der Waals surface area contributed by atoms with Crippen molar-refractivity contribution in [3.8, 4) is 5.75 Å². The van der Waals surface area contributed by atoms with E-state index in [0.29, 0.717) is 13.1 Å². The molecule has 1 amide bonds. The van der Waals surface area contributed by atoms with Crippen LogP contribution in [0, 0.1) is 0 Å². The van der Waals surface area contributed by atoms with Crippen LogP contribution in [0.15, 0.2) is 29.3 Å². The van der Waals surface area contributed by atoms with Crippen LogP contribution in [-0.4, -0.2) is 43.8 Å². The van der Waals surface area contributed by atoms with E-state index in [1.165, 1.54) is 35.8 Å². The number of hydrogen-bond acceptors (Lipinski definition) is 5. The predicted octanol–water partition coefficient (Wildman–Crippen LogP) is 4.48. The van der Waals surface area contributed by atoms with Crippen LogP contribution in [0.25, 0.3) is 0 Å². The average Bonchev–Trinajstić information content (AvgIpc) is 2.72. The third-order valence-electron chi connectivity index (χ3n) is 4.49. The number of amides is 1. The molecule has 1 N–H and O–H groups in total. The third-order valence-corrected chi connectivity index (χ3v) is 7.65. The number of sulfonamides is 1. The molecule has 1 aromatic carbocycles. The molecule has 0 atom stereocenters. The molecule has 1 aromatic heterocycles. The van der Waals surface area contributed by atoms with E-state index in [9.17, 15) is 13.2 Å². The topological polar surface area (TPSA) is 88.6 Å². The highest BCUT2D eigenvalue weighted by Gasteiger charge is 2.29. The van der Waals surface area contributed by atoms with Crippen molar-refractivity contribution in [3.63, 3.8) is 0 Å². The monoisotopic (exact) mass is 477 g/mol. The molecule has 0 unspecified atom stereocenters. The van der Waals surface area contributed by atoms with E-state index >= 15 is 0 Å². The molecule has 11 heteroatoms. The molecule has 3 rings (SSSR count). The number of carbonyl (C=O) groups excluding carboxylic acids is 1. The summed E-state index contributed by atoms with van der Waals surface area (Å²) in [4.78, 5) is 16.4. The highest BCUT2D eigenvalue weighted by Crippen LogP contribution is 2.33. The summed E-state index contributed by atoms with van der Waals surface area (Å²) in [6.07, 6.45) is 3.82. The maximum absolute atomic E-state index is 13.1. The van der Waals surface area contributed by atoms with E-state index in [-0.39, 0.29) is 37.1 Å². The van der Waals surface area contributed by atoms with Crippen molar-refractivity contribution < 1.29 is 17.9 Å². The average molecular weight is 479 g/mol. The van der Waals surface area contributed by atoms with E-state index in [1.54, 1.807) is 0 Å². The van der Waals surface area contributed by atoms with Gasteiger partial charge in [0.15, 0.2) is 0 Å². The fraction of sp³-hybridized carbons (Fsp3) is 0.333. The Bertz CT molecular complexity index is 1040. The number of anilines is 1. The van der Waals surface area contributed by atoms with Gasteiger partial charge in [-0.05, 0) is 31.0 Å². The van der Waals surface area contributed by atoms with Gasteiger partial charge >= 0.3 is 0 Å². The molecule has 1 fully saturated rings. The Labute approximate surface area is 184 Å². The SMILES string of the molecule is COc1ccc(NC(=O)c2ncc(Cl)c(Cl)c2Cl)cc1S(=O)(=O)N1CCCCC1. The molecule has 156 valence electrons.